The first kappa shape index (κ1) is 16.0. The minimum absolute atomic E-state index is 0.624. The van der Waals surface area contributed by atoms with Crippen LogP contribution in [0.15, 0.2) is 30.8 Å². The van der Waals surface area contributed by atoms with Crippen LogP contribution >= 0.6 is 0 Å². The largest absolute Gasteiger partial charge is 0.314 e. The molecule has 0 amide bonds. The van der Waals surface area contributed by atoms with Gasteiger partial charge in [0.25, 0.3) is 0 Å². The van der Waals surface area contributed by atoms with Crippen LogP contribution in [0.25, 0.3) is 6.08 Å². The summed E-state index contributed by atoms with van der Waals surface area (Å²) in [6, 6.07) is 10.7. The van der Waals surface area contributed by atoms with E-state index in [9.17, 15) is 0 Å². The molecule has 0 unspecified atom stereocenters. The number of nitrogens with zero attached hydrogens (tertiary/aromatic N) is 1. The molecule has 0 aliphatic rings. The maximum absolute atomic E-state index is 3.82. The maximum atomic E-state index is 3.82. The summed E-state index contributed by atoms with van der Waals surface area (Å²) < 4.78 is 1.13. The molecular weight excluding hydrogens is 230 g/mol. The second-order valence-electron chi connectivity index (χ2n) is 6.38. The Labute approximate surface area is 119 Å². The monoisotopic (exact) mass is 260 g/mol. The summed E-state index contributed by atoms with van der Waals surface area (Å²) in [5, 5.41) is 0. The van der Waals surface area contributed by atoms with Crippen molar-refractivity contribution in [2.75, 3.05) is 0 Å². The Kier molecular flexibility index (Phi) is 5.37. The Morgan fingerprint density at radius 3 is 1.63 bits per heavy atom. The number of rotatable bonds is 6. The third kappa shape index (κ3) is 3.27. The average Bonchev–Trinajstić information content (AvgIpc) is 2.35. The number of hydrogen-bond donors (Lipinski definition) is 0. The molecule has 0 saturated carbocycles. The van der Waals surface area contributed by atoms with Gasteiger partial charge in [0.1, 0.15) is 6.54 Å². The second kappa shape index (κ2) is 6.38. The third-order valence-electron chi connectivity index (χ3n) is 4.56. The average molecular weight is 260 g/mol. The lowest BCUT2D eigenvalue weighted by Crippen LogP contribution is -2.61. The van der Waals surface area contributed by atoms with Crippen molar-refractivity contribution < 1.29 is 4.48 Å². The summed E-state index contributed by atoms with van der Waals surface area (Å²) in [5.74, 6) is 0. The molecule has 0 saturated heterocycles. The van der Waals surface area contributed by atoms with E-state index in [2.05, 4.69) is 72.4 Å². The molecule has 19 heavy (non-hydrogen) atoms. The lowest BCUT2D eigenvalue weighted by atomic mass is 10.0. The zero-order chi connectivity index (χ0) is 14.6. The molecule has 1 rings (SSSR count). The van der Waals surface area contributed by atoms with Crippen LogP contribution in [0.2, 0.25) is 0 Å². The number of hydrogen-bond acceptors (Lipinski definition) is 0. The molecule has 1 heteroatoms. The summed E-state index contributed by atoms with van der Waals surface area (Å²) in [4.78, 5) is 0. The van der Waals surface area contributed by atoms with Gasteiger partial charge >= 0.3 is 0 Å². The van der Waals surface area contributed by atoms with E-state index in [1.807, 2.05) is 6.08 Å². The molecule has 1 aromatic rings. The van der Waals surface area contributed by atoms with Gasteiger partial charge in [-0.1, -0.05) is 36.9 Å². The van der Waals surface area contributed by atoms with Gasteiger partial charge in [-0.3, -0.25) is 0 Å². The van der Waals surface area contributed by atoms with Gasteiger partial charge in [0.2, 0.25) is 0 Å². The number of quaternary nitrogens is 1. The van der Waals surface area contributed by atoms with E-state index in [-0.39, 0.29) is 0 Å². The Morgan fingerprint density at radius 1 is 0.895 bits per heavy atom. The predicted molar refractivity (Wildman–Crippen MR) is 85.9 cm³/mol. The molecule has 0 fully saturated rings. The van der Waals surface area contributed by atoms with Crippen molar-refractivity contribution in [2.24, 2.45) is 0 Å². The number of benzene rings is 1. The minimum atomic E-state index is 0.624. The standard InChI is InChI=1S/C18H30N/c1-8-17-9-11-18(12-10-17)13-19(14(2)3,15(4)5)16(6)7/h8-12,14-16H,1,13H2,2-7H3/q+1. The van der Waals surface area contributed by atoms with E-state index in [1.165, 1.54) is 11.1 Å². The van der Waals surface area contributed by atoms with E-state index >= 15 is 0 Å². The van der Waals surface area contributed by atoms with E-state index in [0.717, 1.165) is 11.0 Å². The van der Waals surface area contributed by atoms with Gasteiger partial charge in [-0.05, 0) is 47.1 Å². The molecule has 0 bridgehead atoms. The summed E-state index contributed by atoms with van der Waals surface area (Å²) in [7, 11) is 0. The Balaban J connectivity index is 3.09. The zero-order valence-corrected chi connectivity index (χ0v) is 13.5. The van der Waals surface area contributed by atoms with E-state index < -0.39 is 0 Å². The van der Waals surface area contributed by atoms with Gasteiger partial charge < -0.3 is 4.48 Å². The van der Waals surface area contributed by atoms with Gasteiger partial charge in [-0.2, -0.15) is 0 Å². The molecule has 0 aliphatic heterocycles. The van der Waals surface area contributed by atoms with E-state index in [0.29, 0.717) is 18.1 Å². The molecule has 0 aromatic heterocycles. The topological polar surface area (TPSA) is 0 Å². The fourth-order valence-corrected chi connectivity index (χ4v) is 3.41. The highest BCUT2D eigenvalue weighted by Gasteiger charge is 2.37. The maximum Gasteiger partial charge on any atom is 0.105 e. The van der Waals surface area contributed by atoms with E-state index in [4.69, 9.17) is 0 Å². The molecule has 0 spiro atoms. The van der Waals surface area contributed by atoms with Crippen LogP contribution in [-0.4, -0.2) is 22.6 Å². The van der Waals surface area contributed by atoms with Gasteiger partial charge in [-0.25, -0.2) is 0 Å². The smallest absolute Gasteiger partial charge is 0.105 e. The van der Waals surface area contributed by atoms with E-state index in [1.54, 1.807) is 0 Å². The van der Waals surface area contributed by atoms with Crippen molar-refractivity contribution in [3.05, 3.63) is 42.0 Å². The molecule has 106 valence electrons. The predicted octanol–water partition coefficient (Wildman–Crippen LogP) is 4.87. The highest BCUT2D eigenvalue weighted by molar-refractivity contribution is 5.47. The van der Waals surface area contributed by atoms with Crippen LogP contribution in [0, 0.1) is 0 Å². The van der Waals surface area contributed by atoms with Crippen molar-refractivity contribution in [1.29, 1.82) is 0 Å². The van der Waals surface area contributed by atoms with Crippen LogP contribution in [-0.2, 0) is 6.54 Å². The first-order valence-electron chi connectivity index (χ1n) is 7.43. The van der Waals surface area contributed by atoms with Crippen LogP contribution in [0.1, 0.15) is 52.7 Å². The van der Waals surface area contributed by atoms with Crippen molar-refractivity contribution in [1.82, 2.24) is 0 Å². The van der Waals surface area contributed by atoms with Gasteiger partial charge in [-0.15, -0.1) is 0 Å². The zero-order valence-electron chi connectivity index (χ0n) is 13.5. The summed E-state index contributed by atoms with van der Waals surface area (Å²) in [5.41, 5.74) is 2.61. The summed E-state index contributed by atoms with van der Waals surface area (Å²) in [6.07, 6.45) is 1.90. The lowest BCUT2D eigenvalue weighted by molar-refractivity contribution is -0.997. The molecule has 1 nitrogen and oxygen atoms in total. The van der Waals surface area contributed by atoms with Crippen molar-refractivity contribution in [2.45, 2.75) is 66.2 Å². The van der Waals surface area contributed by atoms with Gasteiger partial charge in [0.15, 0.2) is 0 Å². The molecule has 0 radical (unpaired) electrons. The summed E-state index contributed by atoms with van der Waals surface area (Å²) in [6.45, 7) is 19.0. The van der Waals surface area contributed by atoms with Crippen molar-refractivity contribution >= 4 is 6.08 Å². The molecule has 1 aromatic carbocycles. The van der Waals surface area contributed by atoms with Crippen molar-refractivity contribution in [3.63, 3.8) is 0 Å². The normalized spacial score (nSPS) is 12.5. The first-order chi connectivity index (χ1) is 8.84. The molecule has 0 atom stereocenters. The van der Waals surface area contributed by atoms with Crippen LogP contribution in [0.5, 0.6) is 0 Å². The Hall–Kier alpha value is -1.08. The second-order valence-corrected chi connectivity index (χ2v) is 6.38. The highest BCUT2D eigenvalue weighted by atomic mass is 15.4. The van der Waals surface area contributed by atoms with Crippen LogP contribution in [0.3, 0.4) is 0 Å². The summed E-state index contributed by atoms with van der Waals surface area (Å²) >= 11 is 0. The Bertz CT molecular complexity index is 376. The first-order valence-corrected chi connectivity index (χ1v) is 7.43. The van der Waals surface area contributed by atoms with Gasteiger partial charge in [0, 0.05) is 5.56 Å². The fourth-order valence-electron chi connectivity index (χ4n) is 3.41. The Morgan fingerprint density at radius 2 is 1.32 bits per heavy atom. The van der Waals surface area contributed by atoms with Crippen molar-refractivity contribution in [3.8, 4) is 0 Å². The molecule has 0 aliphatic carbocycles. The third-order valence-corrected chi connectivity index (χ3v) is 4.56. The lowest BCUT2D eigenvalue weighted by Gasteiger charge is -2.49. The fraction of sp³-hybridized carbons (Fsp3) is 0.556. The molecule has 0 heterocycles. The molecule has 0 N–H and O–H groups in total. The van der Waals surface area contributed by atoms with Crippen LogP contribution < -0.4 is 0 Å². The van der Waals surface area contributed by atoms with Gasteiger partial charge in [0.05, 0.1) is 18.1 Å². The highest BCUT2D eigenvalue weighted by Crippen LogP contribution is 2.28. The minimum Gasteiger partial charge on any atom is -0.314 e. The quantitative estimate of drug-likeness (QED) is 0.640. The SMILES string of the molecule is C=Cc1ccc(C[N+](C(C)C)(C(C)C)C(C)C)cc1. The molecular formula is C18H30N+. The van der Waals surface area contributed by atoms with Crippen LogP contribution in [0.4, 0.5) is 0 Å².